The number of hydrogen-bond acceptors (Lipinski definition) is 3. The Labute approximate surface area is 54.3 Å². The molecule has 0 aromatic rings. The van der Waals surface area contributed by atoms with Gasteiger partial charge < -0.3 is 4.74 Å². The predicted molar refractivity (Wildman–Crippen MR) is 31.3 cm³/mol. The van der Waals surface area contributed by atoms with Crippen molar-refractivity contribution in [1.29, 1.82) is 0 Å². The van der Waals surface area contributed by atoms with Crippen LogP contribution in [0.25, 0.3) is 0 Å². The summed E-state index contributed by atoms with van der Waals surface area (Å²) in [5.41, 5.74) is 3.10. The highest BCUT2D eigenvalue weighted by atomic mass is 16.7. The van der Waals surface area contributed by atoms with E-state index in [0.29, 0.717) is 0 Å². The SMILES string of the molecule is [CH]1ONC12CCOCC2. The molecule has 0 unspecified atom stereocenters. The summed E-state index contributed by atoms with van der Waals surface area (Å²) in [6, 6.07) is 0. The monoisotopic (exact) mass is 128 g/mol. The van der Waals surface area contributed by atoms with E-state index in [-0.39, 0.29) is 5.54 Å². The molecule has 2 fully saturated rings. The minimum absolute atomic E-state index is 0.179. The first kappa shape index (κ1) is 5.65. The van der Waals surface area contributed by atoms with Gasteiger partial charge in [0.25, 0.3) is 0 Å². The summed E-state index contributed by atoms with van der Waals surface area (Å²) in [6.45, 7) is 3.58. The van der Waals surface area contributed by atoms with Gasteiger partial charge in [-0.3, -0.25) is 4.84 Å². The van der Waals surface area contributed by atoms with Crippen molar-refractivity contribution in [1.82, 2.24) is 5.48 Å². The highest BCUT2D eigenvalue weighted by molar-refractivity contribution is 5.00. The maximum Gasteiger partial charge on any atom is 0.129 e. The third-order valence-electron chi connectivity index (χ3n) is 1.93. The Kier molecular flexibility index (Phi) is 1.22. The number of ether oxygens (including phenoxy) is 1. The molecule has 2 saturated heterocycles. The van der Waals surface area contributed by atoms with Crippen molar-refractivity contribution < 1.29 is 9.57 Å². The zero-order valence-electron chi connectivity index (χ0n) is 5.22. The molecule has 0 atom stereocenters. The molecule has 9 heavy (non-hydrogen) atoms. The van der Waals surface area contributed by atoms with Gasteiger partial charge in [0, 0.05) is 13.2 Å². The Morgan fingerprint density at radius 1 is 1.33 bits per heavy atom. The lowest BCUT2D eigenvalue weighted by molar-refractivity contribution is -0.140. The van der Waals surface area contributed by atoms with Gasteiger partial charge in [-0.1, -0.05) is 0 Å². The second kappa shape index (κ2) is 1.94. The van der Waals surface area contributed by atoms with Crippen LogP contribution in [0.5, 0.6) is 0 Å². The van der Waals surface area contributed by atoms with Gasteiger partial charge in [-0.05, 0) is 12.8 Å². The van der Waals surface area contributed by atoms with Gasteiger partial charge in [-0.15, -0.1) is 0 Å². The smallest absolute Gasteiger partial charge is 0.129 e. The second-order valence-electron chi connectivity index (χ2n) is 2.61. The third kappa shape index (κ3) is 0.852. The maximum atomic E-state index is 5.19. The van der Waals surface area contributed by atoms with E-state index in [1.54, 1.807) is 0 Å². The quantitative estimate of drug-likeness (QED) is 0.506. The van der Waals surface area contributed by atoms with E-state index in [0.717, 1.165) is 26.1 Å². The van der Waals surface area contributed by atoms with Crippen LogP contribution >= 0.6 is 0 Å². The lowest BCUT2D eigenvalue weighted by atomic mass is 9.90. The molecule has 51 valence electrons. The second-order valence-corrected chi connectivity index (χ2v) is 2.61. The fourth-order valence-electron chi connectivity index (χ4n) is 1.18. The van der Waals surface area contributed by atoms with Crippen molar-refractivity contribution >= 4 is 0 Å². The Morgan fingerprint density at radius 2 is 2.00 bits per heavy atom. The van der Waals surface area contributed by atoms with Gasteiger partial charge in [0.1, 0.15) is 6.61 Å². The predicted octanol–water partition coefficient (Wildman–Crippen LogP) is 0.232. The molecule has 0 aromatic carbocycles. The van der Waals surface area contributed by atoms with Crippen LogP contribution in [-0.2, 0) is 9.57 Å². The van der Waals surface area contributed by atoms with Gasteiger partial charge >= 0.3 is 0 Å². The summed E-state index contributed by atoms with van der Waals surface area (Å²) in [5, 5.41) is 0. The fourth-order valence-corrected chi connectivity index (χ4v) is 1.18. The molecule has 3 nitrogen and oxygen atoms in total. The van der Waals surface area contributed by atoms with Crippen LogP contribution < -0.4 is 5.48 Å². The molecule has 2 heterocycles. The van der Waals surface area contributed by atoms with Crippen molar-refractivity contribution in [2.75, 3.05) is 13.2 Å². The number of rotatable bonds is 0. The van der Waals surface area contributed by atoms with Gasteiger partial charge in [0.15, 0.2) is 0 Å². The number of hydroxylamine groups is 1. The molecule has 0 bridgehead atoms. The van der Waals surface area contributed by atoms with Crippen LogP contribution in [0.4, 0.5) is 0 Å². The van der Waals surface area contributed by atoms with E-state index in [4.69, 9.17) is 9.57 Å². The first-order valence-electron chi connectivity index (χ1n) is 3.26. The summed E-state index contributed by atoms with van der Waals surface area (Å²) in [5.74, 6) is 0. The summed E-state index contributed by atoms with van der Waals surface area (Å²) in [7, 11) is 0. The van der Waals surface area contributed by atoms with E-state index in [1.807, 2.05) is 6.61 Å². The van der Waals surface area contributed by atoms with E-state index >= 15 is 0 Å². The minimum atomic E-state index is 0.179. The van der Waals surface area contributed by atoms with Gasteiger partial charge in [-0.2, -0.15) is 5.48 Å². The average Bonchev–Trinajstić information content (AvgIpc) is 1.87. The van der Waals surface area contributed by atoms with Crippen molar-refractivity contribution in [3.63, 3.8) is 0 Å². The Morgan fingerprint density at radius 3 is 2.33 bits per heavy atom. The topological polar surface area (TPSA) is 30.5 Å². The average molecular weight is 128 g/mol. The third-order valence-corrected chi connectivity index (χ3v) is 1.93. The number of hydrogen-bond donors (Lipinski definition) is 1. The summed E-state index contributed by atoms with van der Waals surface area (Å²) >= 11 is 0. The summed E-state index contributed by atoms with van der Waals surface area (Å²) in [6.07, 6.45) is 2.10. The van der Waals surface area contributed by atoms with Crippen LogP contribution in [0.1, 0.15) is 12.8 Å². The molecule has 3 heteroatoms. The van der Waals surface area contributed by atoms with Crippen molar-refractivity contribution in [3.05, 3.63) is 6.61 Å². The Hall–Kier alpha value is -0.120. The molecule has 0 aromatic heterocycles. The molecule has 0 saturated carbocycles. The molecular formula is C6H10NO2. The Bertz CT molecular complexity index is 104. The highest BCUT2D eigenvalue weighted by Gasteiger charge is 2.40. The van der Waals surface area contributed by atoms with Crippen LogP contribution in [0.2, 0.25) is 0 Å². The van der Waals surface area contributed by atoms with Crippen LogP contribution in [-0.4, -0.2) is 18.8 Å². The fraction of sp³-hybridized carbons (Fsp3) is 0.833. The highest BCUT2D eigenvalue weighted by Crippen LogP contribution is 2.29. The minimum Gasteiger partial charge on any atom is -0.381 e. The molecule has 0 aliphatic carbocycles. The lowest BCUT2D eigenvalue weighted by Gasteiger charge is -2.43. The van der Waals surface area contributed by atoms with Crippen molar-refractivity contribution in [3.8, 4) is 0 Å². The lowest BCUT2D eigenvalue weighted by Crippen LogP contribution is -2.58. The maximum absolute atomic E-state index is 5.19. The first-order valence-corrected chi connectivity index (χ1v) is 3.26. The van der Waals surface area contributed by atoms with E-state index in [1.165, 1.54) is 0 Å². The van der Waals surface area contributed by atoms with Crippen LogP contribution in [0.15, 0.2) is 0 Å². The molecule has 2 rings (SSSR count). The van der Waals surface area contributed by atoms with E-state index in [9.17, 15) is 0 Å². The number of nitrogens with one attached hydrogen (secondary N) is 1. The van der Waals surface area contributed by atoms with Crippen molar-refractivity contribution in [2.24, 2.45) is 0 Å². The molecule has 1 N–H and O–H groups in total. The van der Waals surface area contributed by atoms with E-state index < -0.39 is 0 Å². The normalized spacial score (nSPS) is 32.0. The van der Waals surface area contributed by atoms with Gasteiger partial charge in [0.05, 0.1) is 5.54 Å². The van der Waals surface area contributed by atoms with E-state index in [2.05, 4.69) is 5.48 Å². The summed E-state index contributed by atoms with van der Waals surface area (Å²) < 4.78 is 5.19. The molecule has 2 aliphatic heterocycles. The zero-order valence-corrected chi connectivity index (χ0v) is 5.22. The molecule has 2 aliphatic rings. The van der Waals surface area contributed by atoms with Gasteiger partial charge in [0.2, 0.25) is 0 Å². The molecule has 1 radical (unpaired) electrons. The van der Waals surface area contributed by atoms with Crippen molar-refractivity contribution in [2.45, 2.75) is 18.4 Å². The Balaban J connectivity index is 1.93. The molecule has 0 amide bonds. The zero-order chi connectivity index (χ0) is 6.16. The van der Waals surface area contributed by atoms with Crippen LogP contribution in [0, 0.1) is 6.61 Å². The first-order chi connectivity index (χ1) is 4.41. The standard InChI is InChI=1S/C6H10NO2/c1-3-8-4-2-6(1)5-9-7-6/h5,7H,1-4H2. The van der Waals surface area contributed by atoms with Gasteiger partial charge in [-0.25, -0.2) is 0 Å². The largest absolute Gasteiger partial charge is 0.381 e. The summed E-state index contributed by atoms with van der Waals surface area (Å²) in [4.78, 5) is 4.78. The van der Waals surface area contributed by atoms with Crippen LogP contribution in [0.3, 0.4) is 0 Å². The molecular weight excluding hydrogens is 118 g/mol. The molecule has 1 spiro atoms.